The summed E-state index contributed by atoms with van der Waals surface area (Å²) in [6.45, 7) is 0. The molecular formula is C12H6Cl5N. The second-order valence-corrected chi connectivity index (χ2v) is 5.64. The fourth-order valence-electron chi connectivity index (χ4n) is 1.52. The Bertz CT molecular complexity index is 569. The first-order valence-electron chi connectivity index (χ1n) is 4.79. The predicted molar refractivity (Wildman–Crippen MR) is 81.3 cm³/mol. The molecule has 94 valence electrons. The minimum atomic E-state index is 0.379. The number of anilines is 1. The normalized spacial score (nSPS) is 10.7. The Morgan fingerprint density at radius 1 is 0.556 bits per heavy atom. The van der Waals surface area contributed by atoms with E-state index in [1.165, 1.54) is 0 Å². The van der Waals surface area contributed by atoms with E-state index >= 15 is 0 Å². The third kappa shape index (κ3) is 2.66. The summed E-state index contributed by atoms with van der Waals surface area (Å²) in [6.07, 6.45) is 0. The maximum Gasteiger partial charge on any atom is 0.0613 e. The highest BCUT2D eigenvalue weighted by Gasteiger charge is 2.12. The Morgan fingerprint density at radius 3 is 1.61 bits per heavy atom. The molecule has 0 spiro atoms. The van der Waals surface area contributed by atoms with Gasteiger partial charge in [-0.25, -0.2) is 0 Å². The van der Waals surface area contributed by atoms with Crippen molar-refractivity contribution in [2.24, 2.45) is 0 Å². The minimum Gasteiger partial charge on any atom is -0.398 e. The molecule has 2 N–H and O–H groups in total. The van der Waals surface area contributed by atoms with Crippen LogP contribution in [-0.4, -0.2) is 0 Å². The first kappa shape index (κ1) is 14.1. The van der Waals surface area contributed by atoms with E-state index in [2.05, 4.69) is 0 Å². The van der Waals surface area contributed by atoms with Gasteiger partial charge in [-0.1, -0.05) is 58.0 Å². The summed E-state index contributed by atoms with van der Waals surface area (Å²) in [7, 11) is 0. The van der Waals surface area contributed by atoms with Gasteiger partial charge >= 0.3 is 0 Å². The van der Waals surface area contributed by atoms with E-state index in [9.17, 15) is 0 Å². The van der Waals surface area contributed by atoms with Crippen LogP contribution in [0.1, 0.15) is 0 Å². The summed E-state index contributed by atoms with van der Waals surface area (Å²) in [4.78, 5) is 0. The first-order chi connectivity index (χ1) is 8.40. The summed E-state index contributed by atoms with van der Waals surface area (Å²) in [5, 5.41) is 1.98. The monoisotopic (exact) mass is 339 g/mol. The van der Waals surface area contributed by atoms with Crippen molar-refractivity contribution in [3.63, 3.8) is 0 Å². The summed E-state index contributed by atoms with van der Waals surface area (Å²) in [6, 6.07) is 6.41. The molecule has 0 unspecified atom stereocenters. The lowest BCUT2D eigenvalue weighted by atomic mass is 10.0. The second kappa shape index (κ2) is 5.36. The van der Waals surface area contributed by atoms with Gasteiger partial charge in [0.1, 0.15) is 0 Å². The van der Waals surface area contributed by atoms with Crippen LogP contribution in [0.2, 0.25) is 25.1 Å². The molecule has 0 saturated heterocycles. The highest BCUT2D eigenvalue weighted by atomic mass is 35.5. The van der Waals surface area contributed by atoms with Gasteiger partial charge in [-0.2, -0.15) is 0 Å². The van der Waals surface area contributed by atoms with E-state index in [4.69, 9.17) is 63.7 Å². The molecule has 1 nitrogen and oxygen atoms in total. The quantitative estimate of drug-likeness (QED) is 0.485. The SMILES string of the molecule is Nc1cc(Cl)c(Cl)cc1-c1cc(Cl)c(Cl)cc1Cl. The molecule has 0 aromatic heterocycles. The molecule has 2 rings (SSSR count). The Balaban J connectivity index is 2.69. The average Bonchev–Trinajstić information content (AvgIpc) is 2.29. The number of hydrogen-bond acceptors (Lipinski definition) is 1. The van der Waals surface area contributed by atoms with Gasteiger partial charge in [0.2, 0.25) is 0 Å². The Morgan fingerprint density at radius 2 is 1.00 bits per heavy atom. The van der Waals surface area contributed by atoms with Crippen molar-refractivity contribution in [3.8, 4) is 11.1 Å². The van der Waals surface area contributed by atoms with Gasteiger partial charge in [0.05, 0.1) is 25.1 Å². The van der Waals surface area contributed by atoms with E-state index in [0.717, 1.165) is 0 Å². The minimum absolute atomic E-state index is 0.379. The van der Waals surface area contributed by atoms with Crippen LogP contribution in [0.4, 0.5) is 5.69 Å². The fraction of sp³-hybridized carbons (Fsp3) is 0. The van der Waals surface area contributed by atoms with Crippen LogP contribution >= 0.6 is 58.0 Å². The van der Waals surface area contributed by atoms with Gasteiger partial charge in [-0.15, -0.1) is 0 Å². The Hall–Kier alpha value is -0.310. The number of hydrogen-bond donors (Lipinski definition) is 1. The van der Waals surface area contributed by atoms with Crippen molar-refractivity contribution in [1.29, 1.82) is 0 Å². The number of nitrogens with two attached hydrogens (primary N) is 1. The molecule has 0 aliphatic carbocycles. The summed E-state index contributed by atoms with van der Waals surface area (Å²) in [5.41, 5.74) is 7.68. The molecule has 2 aromatic rings. The van der Waals surface area contributed by atoms with Gasteiger partial charge in [-0.05, 0) is 24.3 Å². The van der Waals surface area contributed by atoms with Crippen molar-refractivity contribution in [2.45, 2.75) is 0 Å². The third-order valence-corrected chi connectivity index (χ3v) is 4.15. The first-order valence-corrected chi connectivity index (χ1v) is 6.68. The van der Waals surface area contributed by atoms with Crippen LogP contribution in [0, 0.1) is 0 Å². The number of benzene rings is 2. The largest absolute Gasteiger partial charge is 0.398 e. The van der Waals surface area contributed by atoms with E-state index in [-0.39, 0.29) is 0 Å². The topological polar surface area (TPSA) is 26.0 Å². The molecule has 0 atom stereocenters. The van der Waals surface area contributed by atoms with Gasteiger partial charge in [0, 0.05) is 16.8 Å². The molecule has 0 bridgehead atoms. The molecule has 0 heterocycles. The zero-order valence-corrected chi connectivity index (χ0v) is 12.6. The molecule has 0 saturated carbocycles. The maximum atomic E-state index is 6.13. The van der Waals surface area contributed by atoms with Crippen LogP contribution in [0.3, 0.4) is 0 Å². The zero-order chi connectivity index (χ0) is 13.4. The van der Waals surface area contributed by atoms with Crippen LogP contribution in [-0.2, 0) is 0 Å². The Kier molecular flexibility index (Phi) is 4.20. The molecule has 0 aliphatic heterocycles. The molecule has 0 aliphatic rings. The van der Waals surface area contributed by atoms with Crippen molar-refractivity contribution in [3.05, 3.63) is 49.4 Å². The summed E-state index contributed by atoms with van der Waals surface area (Å²) in [5.74, 6) is 0. The maximum absolute atomic E-state index is 6.13. The molecule has 0 fully saturated rings. The molecule has 0 amide bonds. The van der Waals surface area contributed by atoms with E-state index < -0.39 is 0 Å². The van der Waals surface area contributed by atoms with E-state index in [1.807, 2.05) is 0 Å². The van der Waals surface area contributed by atoms with Crippen LogP contribution < -0.4 is 5.73 Å². The van der Waals surface area contributed by atoms with Crippen molar-refractivity contribution in [2.75, 3.05) is 5.73 Å². The number of rotatable bonds is 1. The predicted octanol–water partition coefficient (Wildman–Crippen LogP) is 6.20. The van der Waals surface area contributed by atoms with Gasteiger partial charge in [0.15, 0.2) is 0 Å². The third-order valence-electron chi connectivity index (χ3n) is 2.39. The van der Waals surface area contributed by atoms with E-state index in [1.54, 1.807) is 24.3 Å². The van der Waals surface area contributed by atoms with Gasteiger partial charge in [-0.3, -0.25) is 0 Å². The zero-order valence-electron chi connectivity index (χ0n) is 8.78. The molecule has 0 radical (unpaired) electrons. The lowest BCUT2D eigenvalue weighted by Gasteiger charge is -2.11. The standard InChI is InChI=1S/C12H6Cl5N/c13-7-3-10(16)8(14)1-5(7)6-2-9(15)11(17)4-12(6)18/h1-4H,18H2. The van der Waals surface area contributed by atoms with Crippen molar-refractivity contribution < 1.29 is 0 Å². The van der Waals surface area contributed by atoms with Crippen LogP contribution in [0.25, 0.3) is 11.1 Å². The van der Waals surface area contributed by atoms with E-state index in [0.29, 0.717) is 41.9 Å². The molecule has 6 heteroatoms. The lowest BCUT2D eigenvalue weighted by molar-refractivity contribution is 1.60. The van der Waals surface area contributed by atoms with Crippen LogP contribution in [0.5, 0.6) is 0 Å². The average molecular weight is 341 g/mol. The summed E-state index contributed by atoms with van der Waals surface area (Å²) < 4.78 is 0. The van der Waals surface area contributed by atoms with Crippen molar-refractivity contribution in [1.82, 2.24) is 0 Å². The fourth-order valence-corrected chi connectivity index (χ4v) is 2.51. The molecule has 18 heavy (non-hydrogen) atoms. The van der Waals surface area contributed by atoms with Crippen LogP contribution in [0.15, 0.2) is 24.3 Å². The highest BCUT2D eigenvalue weighted by Crippen LogP contribution is 2.40. The number of halogens is 5. The van der Waals surface area contributed by atoms with Gasteiger partial charge in [0.25, 0.3) is 0 Å². The molecule has 2 aromatic carbocycles. The molecular weight excluding hydrogens is 335 g/mol. The number of nitrogen functional groups attached to an aromatic ring is 1. The van der Waals surface area contributed by atoms with Crippen molar-refractivity contribution >= 4 is 63.7 Å². The lowest BCUT2D eigenvalue weighted by Crippen LogP contribution is -1.91. The second-order valence-electron chi connectivity index (χ2n) is 3.60. The highest BCUT2D eigenvalue weighted by molar-refractivity contribution is 6.44. The smallest absolute Gasteiger partial charge is 0.0613 e. The Labute approximate surface area is 129 Å². The van der Waals surface area contributed by atoms with Gasteiger partial charge < -0.3 is 5.73 Å². The summed E-state index contributed by atoms with van der Waals surface area (Å²) >= 11 is 29.8.